The van der Waals surface area contributed by atoms with Gasteiger partial charge in [0.05, 0.1) is 4.92 Å². The molecule has 11 nitrogen and oxygen atoms in total. The molecule has 1 atom stereocenters. The molecule has 1 unspecified atom stereocenters. The van der Waals surface area contributed by atoms with Crippen LogP contribution in [0.1, 0.15) is 6.92 Å². The number of carbonyl (C=O) groups is 2. The van der Waals surface area contributed by atoms with E-state index < -0.39 is 49.0 Å². The Kier molecular flexibility index (Phi) is 8.73. The number of nitro benzene ring substituents is 1. The molecule has 0 bridgehead atoms. The third-order valence-corrected chi connectivity index (χ3v) is 4.25. The Labute approximate surface area is 187 Å². The third-order valence-electron chi connectivity index (χ3n) is 3.40. The summed E-state index contributed by atoms with van der Waals surface area (Å²) >= 11 is 0. The van der Waals surface area contributed by atoms with E-state index in [1.807, 2.05) is 0 Å². The number of nitrogens with one attached hydrogen (secondary N) is 1. The number of rotatable bonds is 7. The number of hydrogen-bond donors (Lipinski definition) is 2. The second kappa shape index (κ2) is 10.3. The van der Waals surface area contributed by atoms with Gasteiger partial charge in [-0.15, -0.1) is 5.11 Å². The Morgan fingerprint density at radius 2 is 1.79 bits per heavy atom. The maximum atomic E-state index is 12.2. The van der Waals surface area contributed by atoms with E-state index in [2.05, 4.69) is 15.5 Å². The van der Waals surface area contributed by atoms with Crippen molar-refractivity contribution in [3.05, 3.63) is 58.6 Å². The summed E-state index contributed by atoms with van der Waals surface area (Å²) < 4.78 is 31.2. The number of azo groups is 1. The summed E-state index contributed by atoms with van der Waals surface area (Å²) in [6.45, 7) is 1.10. The van der Waals surface area contributed by atoms with Gasteiger partial charge in [-0.2, -0.15) is 13.5 Å². The normalized spacial score (nSPS) is 12.1. The zero-order valence-corrected chi connectivity index (χ0v) is 18.2. The summed E-state index contributed by atoms with van der Waals surface area (Å²) in [5.74, 6) is -1.45. The molecular weight excluding hydrogens is 415 g/mol. The zero-order chi connectivity index (χ0) is 20.9. The van der Waals surface area contributed by atoms with Crippen molar-refractivity contribution < 1.29 is 27.5 Å². The quantitative estimate of drug-likeness (QED) is 0.170. The first-order valence-corrected chi connectivity index (χ1v) is 9.06. The number of nitrogens with zero attached hydrogens (tertiary/aromatic N) is 3. The van der Waals surface area contributed by atoms with Crippen molar-refractivity contribution in [3.63, 3.8) is 0 Å². The van der Waals surface area contributed by atoms with Crippen molar-refractivity contribution >= 4 is 68.4 Å². The fourth-order valence-corrected chi connectivity index (χ4v) is 2.57. The molecule has 0 aliphatic carbocycles. The number of para-hydroxylation sites is 1. The number of ketones is 1. The van der Waals surface area contributed by atoms with Gasteiger partial charge in [0.2, 0.25) is 6.04 Å². The number of benzene rings is 2. The maximum absolute atomic E-state index is 12.2. The number of hydrogen-bond acceptors (Lipinski definition) is 8. The predicted molar refractivity (Wildman–Crippen MR) is 103 cm³/mol. The molecule has 2 rings (SSSR count). The summed E-state index contributed by atoms with van der Waals surface area (Å²) in [5, 5.41) is 20.7. The predicted octanol–water partition coefficient (Wildman–Crippen LogP) is 2.14. The van der Waals surface area contributed by atoms with Crippen LogP contribution in [-0.2, 0) is 19.7 Å². The SMILES string of the molecule is CC(=O)C(N=Nc1ccc(S(=O)(=O)O)cc1[N+](=O)[O-])C(=O)Nc1ccccc1.[Na]. The molecule has 2 aromatic rings. The Balaban J connectivity index is 0.00000420. The molecule has 1 radical (unpaired) electrons. The first kappa shape index (κ1) is 24.5. The number of amides is 1. The topological polar surface area (TPSA) is 168 Å². The van der Waals surface area contributed by atoms with E-state index in [-0.39, 0.29) is 29.6 Å². The monoisotopic (exact) mass is 429 g/mol. The fourth-order valence-electron chi connectivity index (χ4n) is 2.06. The summed E-state index contributed by atoms with van der Waals surface area (Å²) in [4.78, 5) is 33.5. The van der Waals surface area contributed by atoms with Crippen LogP contribution in [0.3, 0.4) is 0 Å². The molecule has 0 aliphatic rings. The van der Waals surface area contributed by atoms with Gasteiger partial charge >= 0.3 is 0 Å². The van der Waals surface area contributed by atoms with Crippen molar-refractivity contribution in [1.82, 2.24) is 0 Å². The Hall–Kier alpha value is -2.51. The van der Waals surface area contributed by atoms with Gasteiger partial charge in [0, 0.05) is 41.3 Å². The van der Waals surface area contributed by atoms with Crippen molar-refractivity contribution in [1.29, 1.82) is 0 Å². The van der Waals surface area contributed by atoms with Crippen LogP contribution in [0.2, 0.25) is 0 Å². The van der Waals surface area contributed by atoms with Crippen LogP contribution in [0.4, 0.5) is 17.1 Å². The molecule has 0 spiro atoms. The standard InChI is InChI=1S/C16H14N4O7S.Na/c1-10(21)15(16(22)17-11-5-3-2-4-6-11)19-18-13-8-7-12(28(25,26)27)9-14(13)20(23)24;/h2-9,15H,1H3,(H,17,22)(H,25,26,27);. The second-order valence-electron chi connectivity index (χ2n) is 5.47. The molecule has 0 saturated heterocycles. The summed E-state index contributed by atoms with van der Waals surface area (Å²) in [7, 11) is -4.66. The van der Waals surface area contributed by atoms with Crippen LogP contribution in [-0.4, -0.2) is 65.2 Å². The van der Waals surface area contributed by atoms with Crippen molar-refractivity contribution in [2.45, 2.75) is 17.9 Å². The van der Waals surface area contributed by atoms with Gasteiger partial charge in [-0.3, -0.25) is 24.3 Å². The minimum Gasteiger partial charge on any atom is -0.324 e. The van der Waals surface area contributed by atoms with E-state index in [4.69, 9.17) is 4.55 Å². The molecule has 29 heavy (non-hydrogen) atoms. The molecular formula is C16H14N4NaO7S. The minimum absolute atomic E-state index is 0. The van der Waals surface area contributed by atoms with E-state index in [1.165, 1.54) is 0 Å². The average molecular weight is 429 g/mol. The van der Waals surface area contributed by atoms with E-state index in [1.54, 1.807) is 30.3 Å². The van der Waals surface area contributed by atoms with Gasteiger partial charge in [0.15, 0.2) is 11.5 Å². The smallest absolute Gasteiger partial charge is 0.298 e. The Bertz CT molecular complexity index is 1060. The third kappa shape index (κ3) is 6.80. The molecule has 0 saturated carbocycles. The Morgan fingerprint density at radius 1 is 1.17 bits per heavy atom. The van der Waals surface area contributed by atoms with Crippen LogP contribution in [0.5, 0.6) is 0 Å². The number of nitro groups is 1. The summed E-state index contributed by atoms with van der Waals surface area (Å²) in [5.41, 5.74) is -0.752. The van der Waals surface area contributed by atoms with Gasteiger partial charge in [-0.1, -0.05) is 18.2 Å². The first-order valence-electron chi connectivity index (χ1n) is 7.62. The first-order chi connectivity index (χ1) is 13.1. The molecule has 147 valence electrons. The van der Waals surface area contributed by atoms with E-state index >= 15 is 0 Å². The largest absolute Gasteiger partial charge is 0.324 e. The number of Topliss-reactive ketones (excluding diaryl/α,β-unsaturated/α-hetero) is 1. The van der Waals surface area contributed by atoms with Gasteiger partial charge in [0.25, 0.3) is 21.7 Å². The molecule has 2 N–H and O–H groups in total. The maximum Gasteiger partial charge on any atom is 0.298 e. The van der Waals surface area contributed by atoms with Crippen LogP contribution in [0.25, 0.3) is 0 Å². The minimum atomic E-state index is -4.66. The van der Waals surface area contributed by atoms with E-state index in [0.717, 1.165) is 19.1 Å². The van der Waals surface area contributed by atoms with Crippen molar-refractivity contribution in [3.8, 4) is 0 Å². The fraction of sp³-hybridized carbons (Fsp3) is 0.125. The zero-order valence-electron chi connectivity index (χ0n) is 15.3. The number of carbonyl (C=O) groups excluding carboxylic acids is 2. The van der Waals surface area contributed by atoms with Crippen LogP contribution in [0.15, 0.2) is 63.7 Å². The van der Waals surface area contributed by atoms with Gasteiger partial charge in [0.1, 0.15) is 4.90 Å². The molecule has 2 aromatic carbocycles. The number of anilines is 1. The van der Waals surface area contributed by atoms with E-state index in [9.17, 15) is 28.1 Å². The summed E-state index contributed by atoms with van der Waals surface area (Å²) in [6, 6.07) is 9.07. The summed E-state index contributed by atoms with van der Waals surface area (Å²) in [6.07, 6.45) is 0. The van der Waals surface area contributed by atoms with Crippen molar-refractivity contribution in [2.75, 3.05) is 5.32 Å². The van der Waals surface area contributed by atoms with Gasteiger partial charge in [-0.25, -0.2) is 0 Å². The van der Waals surface area contributed by atoms with Crippen LogP contribution in [0, 0.1) is 10.1 Å². The molecule has 0 aliphatic heterocycles. The Morgan fingerprint density at radius 3 is 2.31 bits per heavy atom. The van der Waals surface area contributed by atoms with Crippen LogP contribution >= 0.6 is 0 Å². The average Bonchev–Trinajstić information content (AvgIpc) is 2.61. The molecule has 1 amide bonds. The molecule has 0 heterocycles. The van der Waals surface area contributed by atoms with E-state index in [0.29, 0.717) is 11.8 Å². The van der Waals surface area contributed by atoms with Gasteiger partial charge in [-0.05, 0) is 31.2 Å². The molecule has 0 aromatic heterocycles. The van der Waals surface area contributed by atoms with Crippen molar-refractivity contribution in [2.24, 2.45) is 10.2 Å². The molecule has 13 heteroatoms. The molecule has 0 fully saturated rings. The van der Waals surface area contributed by atoms with Gasteiger partial charge < -0.3 is 5.32 Å². The van der Waals surface area contributed by atoms with Crippen LogP contribution < -0.4 is 5.32 Å². The second-order valence-corrected chi connectivity index (χ2v) is 6.89.